The Morgan fingerprint density at radius 1 is 0.872 bits per heavy atom. The van der Waals surface area contributed by atoms with E-state index < -0.39 is 0 Å². The predicted molar refractivity (Wildman–Crippen MR) is 153 cm³/mol. The molecule has 6 heteroatoms. The van der Waals surface area contributed by atoms with Crippen LogP contribution < -0.4 is 38.2 Å². The Morgan fingerprint density at radius 2 is 1.54 bits per heavy atom. The standard InChI is InChI=1S/C33H33FN3O.HI/c1-36(22-6-4-5-21-35)30-16-7-25(8-17-30)9-18-31-23-28(26-12-19-32(38-3)20-13-26)24-33(37(31)2)27-10-14-29(34)15-11-27;/h7-20,23-24H,4-6,22H2,1-3H3;1H/q+1;/p-1. The zero-order valence-corrected chi connectivity index (χ0v) is 24.7. The van der Waals surface area contributed by atoms with Crippen LogP contribution in [0.15, 0.2) is 84.9 Å². The van der Waals surface area contributed by atoms with E-state index in [9.17, 15) is 4.39 Å². The van der Waals surface area contributed by atoms with Gasteiger partial charge in [0.05, 0.1) is 13.2 Å². The van der Waals surface area contributed by atoms with Crippen molar-refractivity contribution in [2.45, 2.75) is 19.3 Å². The second-order valence-electron chi connectivity index (χ2n) is 9.31. The third-order valence-electron chi connectivity index (χ3n) is 6.72. The Kier molecular flexibility index (Phi) is 11.1. The van der Waals surface area contributed by atoms with Gasteiger partial charge < -0.3 is 33.6 Å². The summed E-state index contributed by atoms with van der Waals surface area (Å²) < 4.78 is 21.1. The Balaban J connectivity index is 0.00000420. The molecule has 39 heavy (non-hydrogen) atoms. The third-order valence-corrected chi connectivity index (χ3v) is 6.72. The predicted octanol–water partition coefficient (Wildman–Crippen LogP) is 4.30. The van der Waals surface area contributed by atoms with E-state index in [1.807, 2.05) is 43.4 Å². The van der Waals surface area contributed by atoms with E-state index in [2.05, 4.69) is 71.1 Å². The fraction of sp³-hybridized carbons (Fsp3) is 0.212. The van der Waals surface area contributed by atoms with Gasteiger partial charge in [0, 0.05) is 49.5 Å². The van der Waals surface area contributed by atoms with Gasteiger partial charge in [0.25, 0.3) is 0 Å². The average Bonchev–Trinajstić information content (AvgIpc) is 2.95. The molecular weight excluding hydrogens is 600 g/mol. The summed E-state index contributed by atoms with van der Waals surface area (Å²) in [6.07, 6.45) is 6.76. The SMILES string of the molecule is COc1ccc(-c2cc(/C=C/c3ccc(N(C)CCCCC#N)cc3)[n+](C)c(-c3ccc(F)cc3)c2)cc1.[I-]. The largest absolute Gasteiger partial charge is 1.00 e. The highest BCUT2D eigenvalue weighted by molar-refractivity contribution is 5.74. The lowest BCUT2D eigenvalue weighted by Gasteiger charge is -2.19. The summed E-state index contributed by atoms with van der Waals surface area (Å²) >= 11 is 0. The third kappa shape index (κ3) is 7.90. The summed E-state index contributed by atoms with van der Waals surface area (Å²) in [5.74, 6) is 0.560. The summed E-state index contributed by atoms with van der Waals surface area (Å²) in [7, 11) is 5.77. The summed E-state index contributed by atoms with van der Waals surface area (Å²) in [4.78, 5) is 2.22. The number of nitrogens with zero attached hydrogens (tertiary/aromatic N) is 3. The minimum atomic E-state index is -0.251. The molecule has 0 aliphatic heterocycles. The topological polar surface area (TPSA) is 40.1 Å². The highest BCUT2D eigenvalue weighted by Gasteiger charge is 2.17. The molecule has 0 bridgehead atoms. The Morgan fingerprint density at radius 3 is 2.18 bits per heavy atom. The molecule has 0 aliphatic rings. The molecule has 0 saturated heterocycles. The maximum absolute atomic E-state index is 13.6. The number of hydrogen-bond donors (Lipinski definition) is 0. The molecule has 0 fully saturated rings. The number of unbranched alkanes of at least 4 members (excludes halogenated alkanes) is 2. The van der Waals surface area contributed by atoms with Crippen molar-refractivity contribution in [2.75, 3.05) is 25.6 Å². The quantitative estimate of drug-likeness (QED) is 0.149. The lowest BCUT2D eigenvalue weighted by atomic mass is 10.0. The second-order valence-corrected chi connectivity index (χ2v) is 9.31. The first-order valence-electron chi connectivity index (χ1n) is 12.8. The van der Waals surface area contributed by atoms with Crippen molar-refractivity contribution in [1.29, 1.82) is 5.26 Å². The number of anilines is 1. The summed E-state index contributed by atoms with van der Waals surface area (Å²) in [6.45, 7) is 0.928. The zero-order valence-electron chi connectivity index (χ0n) is 22.6. The number of pyridine rings is 1. The van der Waals surface area contributed by atoms with Gasteiger partial charge >= 0.3 is 0 Å². The van der Waals surface area contributed by atoms with Crippen LogP contribution in [-0.2, 0) is 7.05 Å². The average molecular weight is 634 g/mol. The van der Waals surface area contributed by atoms with E-state index in [4.69, 9.17) is 10.00 Å². The van der Waals surface area contributed by atoms with Crippen LogP contribution in [-0.4, -0.2) is 20.7 Å². The van der Waals surface area contributed by atoms with Gasteiger partial charge in [0.2, 0.25) is 11.4 Å². The van der Waals surface area contributed by atoms with Gasteiger partial charge in [-0.3, -0.25) is 0 Å². The molecule has 0 atom stereocenters. The Hall–Kier alpha value is -3.70. The molecule has 0 spiro atoms. The van der Waals surface area contributed by atoms with E-state index in [1.54, 1.807) is 7.11 Å². The molecule has 4 nitrogen and oxygen atoms in total. The first-order chi connectivity index (χ1) is 18.5. The molecule has 4 aromatic rings. The number of ether oxygens (including phenoxy) is 1. The van der Waals surface area contributed by atoms with E-state index >= 15 is 0 Å². The molecule has 0 radical (unpaired) electrons. The Labute approximate surface area is 248 Å². The number of hydrogen-bond acceptors (Lipinski definition) is 3. The van der Waals surface area contributed by atoms with Crippen LogP contribution in [0.2, 0.25) is 0 Å². The van der Waals surface area contributed by atoms with Gasteiger partial charge in [-0.1, -0.05) is 24.3 Å². The van der Waals surface area contributed by atoms with Crippen LogP contribution >= 0.6 is 0 Å². The number of rotatable bonds is 10. The van der Waals surface area contributed by atoms with Crippen molar-refractivity contribution in [2.24, 2.45) is 7.05 Å². The maximum atomic E-state index is 13.6. The van der Waals surface area contributed by atoms with Crippen LogP contribution in [0.3, 0.4) is 0 Å². The van der Waals surface area contributed by atoms with Crippen molar-refractivity contribution >= 4 is 17.8 Å². The Bertz CT molecular complexity index is 1430. The van der Waals surface area contributed by atoms with Crippen molar-refractivity contribution < 1.29 is 37.7 Å². The molecule has 1 heterocycles. The molecule has 1 aromatic heterocycles. The van der Waals surface area contributed by atoms with Crippen molar-refractivity contribution in [3.05, 3.63) is 102 Å². The molecule has 3 aromatic carbocycles. The van der Waals surface area contributed by atoms with Crippen molar-refractivity contribution in [3.63, 3.8) is 0 Å². The second kappa shape index (κ2) is 14.5. The number of benzene rings is 3. The number of methoxy groups -OCH3 is 1. The van der Waals surface area contributed by atoms with E-state index in [0.717, 1.165) is 64.5 Å². The molecule has 0 unspecified atom stereocenters. The smallest absolute Gasteiger partial charge is 0.213 e. The number of halogens is 2. The number of nitriles is 1. The van der Waals surface area contributed by atoms with E-state index in [0.29, 0.717) is 6.42 Å². The van der Waals surface area contributed by atoms with Crippen molar-refractivity contribution in [1.82, 2.24) is 0 Å². The molecule has 0 amide bonds. The van der Waals surface area contributed by atoms with Gasteiger partial charge in [-0.25, -0.2) is 4.39 Å². The van der Waals surface area contributed by atoms with Gasteiger partial charge in [0.1, 0.15) is 18.6 Å². The zero-order chi connectivity index (χ0) is 26.9. The lowest BCUT2D eigenvalue weighted by molar-refractivity contribution is -0.662. The van der Waals surface area contributed by atoms with E-state index in [1.165, 1.54) is 12.1 Å². The fourth-order valence-corrected chi connectivity index (χ4v) is 4.39. The first kappa shape index (κ1) is 29.9. The fourth-order valence-electron chi connectivity index (χ4n) is 4.39. The van der Waals surface area contributed by atoms with Gasteiger partial charge in [-0.05, 0) is 84.1 Å². The highest BCUT2D eigenvalue weighted by atomic mass is 127. The monoisotopic (exact) mass is 633 g/mol. The molecule has 0 aliphatic carbocycles. The molecule has 0 N–H and O–H groups in total. The maximum Gasteiger partial charge on any atom is 0.213 e. The molecule has 0 saturated carbocycles. The van der Waals surface area contributed by atoms with E-state index in [-0.39, 0.29) is 29.8 Å². The van der Waals surface area contributed by atoms with Crippen molar-refractivity contribution in [3.8, 4) is 34.2 Å². The van der Waals surface area contributed by atoms with Crippen LogP contribution in [0.1, 0.15) is 30.5 Å². The van der Waals surface area contributed by atoms with Crippen LogP contribution in [0, 0.1) is 17.1 Å². The lowest BCUT2D eigenvalue weighted by Crippen LogP contribution is -3.00. The van der Waals surface area contributed by atoms with Crippen LogP contribution in [0.25, 0.3) is 34.5 Å². The summed E-state index contributed by atoms with van der Waals surface area (Å²) in [6, 6.07) is 29.6. The minimum Gasteiger partial charge on any atom is -1.00 e. The summed E-state index contributed by atoms with van der Waals surface area (Å²) in [5, 5.41) is 8.71. The minimum absolute atomic E-state index is 0. The summed E-state index contributed by atoms with van der Waals surface area (Å²) in [5.41, 5.74) is 7.36. The van der Waals surface area contributed by atoms with Crippen LogP contribution in [0.4, 0.5) is 10.1 Å². The molecular formula is C33H33FIN3O. The van der Waals surface area contributed by atoms with Crippen LogP contribution in [0.5, 0.6) is 5.75 Å². The van der Waals surface area contributed by atoms with Gasteiger partial charge in [-0.2, -0.15) is 9.83 Å². The van der Waals surface area contributed by atoms with Gasteiger partial charge in [-0.15, -0.1) is 0 Å². The molecule has 200 valence electrons. The normalized spacial score (nSPS) is 10.6. The number of aromatic nitrogens is 1. The molecule has 4 rings (SSSR count). The van der Waals surface area contributed by atoms with Gasteiger partial charge in [0.15, 0.2) is 0 Å². The first-order valence-corrected chi connectivity index (χ1v) is 12.8. The highest BCUT2D eigenvalue weighted by Crippen LogP contribution is 2.27.